The Bertz CT molecular complexity index is 939. The Hall–Kier alpha value is -3.47. The van der Waals surface area contributed by atoms with Crippen molar-refractivity contribution in [3.05, 3.63) is 89.5 Å². The fourth-order valence-electron chi connectivity index (χ4n) is 3.10. The van der Waals surface area contributed by atoms with Gasteiger partial charge in [-0.25, -0.2) is 0 Å². The van der Waals surface area contributed by atoms with Gasteiger partial charge >= 0.3 is 0 Å². The van der Waals surface area contributed by atoms with Crippen molar-refractivity contribution < 1.29 is 19.0 Å². The molecule has 1 atom stereocenters. The number of ether oxygens (including phenoxy) is 3. The highest BCUT2D eigenvalue weighted by Gasteiger charge is 2.19. The molecule has 0 aliphatic rings. The summed E-state index contributed by atoms with van der Waals surface area (Å²) in [6.07, 6.45) is 0. The molecule has 0 heterocycles. The van der Waals surface area contributed by atoms with Gasteiger partial charge in [0, 0.05) is 5.56 Å². The third-order valence-electron chi connectivity index (χ3n) is 4.58. The van der Waals surface area contributed by atoms with E-state index in [0.29, 0.717) is 23.7 Å². The molecular weight excluding hydrogens is 366 g/mol. The molecule has 5 nitrogen and oxygen atoms in total. The zero-order valence-electron chi connectivity index (χ0n) is 16.8. The average molecular weight is 391 g/mol. The summed E-state index contributed by atoms with van der Waals surface area (Å²) >= 11 is 0. The summed E-state index contributed by atoms with van der Waals surface area (Å²) in [5, 5.41) is 3.13. The molecule has 1 N–H and O–H groups in total. The maximum Gasteiger partial charge on any atom is 0.252 e. The van der Waals surface area contributed by atoms with Crippen molar-refractivity contribution in [1.29, 1.82) is 0 Å². The largest absolute Gasteiger partial charge is 0.497 e. The van der Waals surface area contributed by atoms with Crippen LogP contribution in [0.1, 0.15) is 34.5 Å². The highest BCUT2D eigenvalue weighted by atomic mass is 16.5. The minimum absolute atomic E-state index is 0.198. The number of benzene rings is 3. The van der Waals surface area contributed by atoms with Crippen molar-refractivity contribution in [2.75, 3.05) is 20.8 Å². The predicted octanol–water partition coefficient (Wildman–Crippen LogP) is 4.62. The van der Waals surface area contributed by atoms with Crippen LogP contribution < -0.4 is 19.5 Å². The number of carbonyl (C=O) groups is 1. The molecule has 29 heavy (non-hydrogen) atoms. The molecule has 3 rings (SSSR count). The quantitative estimate of drug-likeness (QED) is 0.609. The van der Waals surface area contributed by atoms with Gasteiger partial charge in [0.2, 0.25) is 0 Å². The van der Waals surface area contributed by atoms with E-state index in [9.17, 15) is 4.79 Å². The summed E-state index contributed by atoms with van der Waals surface area (Å²) < 4.78 is 16.2. The van der Waals surface area contributed by atoms with Gasteiger partial charge in [-0.15, -0.1) is 0 Å². The zero-order valence-corrected chi connectivity index (χ0v) is 16.8. The average Bonchev–Trinajstić information content (AvgIpc) is 2.78. The summed E-state index contributed by atoms with van der Waals surface area (Å²) in [6, 6.07) is 22.4. The minimum Gasteiger partial charge on any atom is -0.497 e. The SMILES string of the molecule is CCOc1ccc(C(=O)N[C@@H](c2ccccc2)c2ccc(OC)cc2)cc1OC. The lowest BCUT2D eigenvalue weighted by molar-refractivity contribution is 0.0942. The number of hydrogen-bond donors (Lipinski definition) is 1. The van der Waals surface area contributed by atoms with Crippen LogP contribution in [-0.2, 0) is 0 Å². The zero-order chi connectivity index (χ0) is 20.6. The Kier molecular flexibility index (Phi) is 6.74. The third kappa shape index (κ3) is 4.88. The van der Waals surface area contributed by atoms with Crippen LogP contribution in [0.2, 0.25) is 0 Å². The first-order valence-electron chi connectivity index (χ1n) is 9.46. The van der Waals surface area contributed by atoms with E-state index >= 15 is 0 Å². The molecular formula is C24H25NO4. The van der Waals surface area contributed by atoms with Crippen LogP contribution in [0.25, 0.3) is 0 Å². The van der Waals surface area contributed by atoms with Gasteiger partial charge in [0.25, 0.3) is 5.91 Å². The summed E-state index contributed by atoms with van der Waals surface area (Å²) in [4.78, 5) is 13.0. The molecule has 0 radical (unpaired) electrons. The van der Waals surface area contributed by atoms with Gasteiger partial charge < -0.3 is 19.5 Å². The van der Waals surface area contributed by atoms with Crippen LogP contribution in [0.5, 0.6) is 17.2 Å². The Morgan fingerprint density at radius 1 is 0.862 bits per heavy atom. The van der Waals surface area contributed by atoms with Crippen molar-refractivity contribution in [2.45, 2.75) is 13.0 Å². The van der Waals surface area contributed by atoms with Gasteiger partial charge in [0.05, 0.1) is 26.9 Å². The summed E-state index contributed by atoms with van der Waals surface area (Å²) in [5.41, 5.74) is 2.45. The van der Waals surface area contributed by atoms with Crippen molar-refractivity contribution in [3.63, 3.8) is 0 Å². The van der Waals surface area contributed by atoms with Crippen LogP contribution >= 0.6 is 0 Å². The number of hydrogen-bond acceptors (Lipinski definition) is 4. The highest BCUT2D eigenvalue weighted by Crippen LogP contribution is 2.29. The van der Waals surface area contributed by atoms with Gasteiger partial charge in [0.1, 0.15) is 5.75 Å². The van der Waals surface area contributed by atoms with Crippen molar-refractivity contribution in [3.8, 4) is 17.2 Å². The molecule has 3 aromatic rings. The van der Waals surface area contributed by atoms with E-state index in [4.69, 9.17) is 14.2 Å². The van der Waals surface area contributed by atoms with Gasteiger partial charge in [0.15, 0.2) is 11.5 Å². The van der Waals surface area contributed by atoms with Crippen molar-refractivity contribution in [1.82, 2.24) is 5.32 Å². The fourth-order valence-corrected chi connectivity index (χ4v) is 3.10. The molecule has 0 unspecified atom stereocenters. The second kappa shape index (κ2) is 9.64. The molecule has 0 saturated carbocycles. The van der Waals surface area contributed by atoms with E-state index in [1.807, 2.05) is 61.5 Å². The number of rotatable bonds is 8. The minimum atomic E-state index is -0.299. The fraction of sp³-hybridized carbons (Fsp3) is 0.208. The summed E-state index contributed by atoms with van der Waals surface area (Å²) in [7, 11) is 3.19. The molecule has 0 fully saturated rings. The molecule has 0 bridgehead atoms. The Morgan fingerprint density at radius 2 is 1.55 bits per heavy atom. The van der Waals surface area contributed by atoms with E-state index in [-0.39, 0.29) is 11.9 Å². The van der Waals surface area contributed by atoms with Gasteiger partial charge in [-0.3, -0.25) is 4.79 Å². The van der Waals surface area contributed by atoms with Crippen LogP contribution in [0.15, 0.2) is 72.8 Å². The molecule has 0 aromatic heterocycles. The summed E-state index contributed by atoms with van der Waals surface area (Å²) in [5.74, 6) is 1.71. The normalized spacial score (nSPS) is 11.4. The van der Waals surface area contributed by atoms with Crippen molar-refractivity contribution >= 4 is 5.91 Å². The Labute approximate surface area is 171 Å². The van der Waals surface area contributed by atoms with Crippen molar-refractivity contribution in [2.24, 2.45) is 0 Å². The molecule has 1 amide bonds. The van der Waals surface area contributed by atoms with E-state index in [1.165, 1.54) is 0 Å². The van der Waals surface area contributed by atoms with E-state index in [0.717, 1.165) is 16.9 Å². The molecule has 5 heteroatoms. The monoisotopic (exact) mass is 391 g/mol. The van der Waals surface area contributed by atoms with Crippen LogP contribution in [0, 0.1) is 0 Å². The smallest absolute Gasteiger partial charge is 0.252 e. The lowest BCUT2D eigenvalue weighted by Gasteiger charge is -2.20. The maximum atomic E-state index is 13.0. The van der Waals surface area contributed by atoms with Gasteiger partial charge in [-0.05, 0) is 48.4 Å². The van der Waals surface area contributed by atoms with E-state index in [2.05, 4.69) is 5.32 Å². The second-order valence-corrected chi connectivity index (χ2v) is 6.39. The molecule has 0 aliphatic carbocycles. The second-order valence-electron chi connectivity index (χ2n) is 6.39. The van der Waals surface area contributed by atoms with Crippen LogP contribution in [0.4, 0.5) is 0 Å². The molecule has 0 saturated heterocycles. The van der Waals surface area contributed by atoms with Crippen LogP contribution in [0.3, 0.4) is 0 Å². The lowest BCUT2D eigenvalue weighted by atomic mass is 9.98. The summed E-state index contributed by atoms with van der Waals surface area (Å²) in [6.45, 7) is 2.43. The number of amides is 1. The topological polar surface area (TPSA) is 56.8 Å². The Balaban J connectivity index is 1.90. The molecule has 150 valence electrons. The van der Waals surface area contributed by atoms with Gasteiger partial charge in [-0.2, -0.15) is 0 Å². The number of methoxy groups -OCH3 is 2. The van der Waals surface area contributed by atoms with Gasteiger partial charge in [-0.1, -0.05) is 42.5 Å². The highest BCUT2D eigenvalue weighted by molar-refractivity contribution is 5.95. The molecule has 0 aliphatic heterocycles. The Morgan fingerprint density at radius 3 is 2.17 bits per heavy atom. The van der Waals surface area contributed by atoms with E-state index in [1.54, 1.807) is 32.4 Å². The molecule has 3 aromatic carbocycles. The predicted molar refractivity (Wildman–Crippen MR) is 113 cm³/mol. The first-order chi connectivity index (χ1) is 14.2. The van der Waals surface area contributed by atoms with E-state index < -0.39 is 0 Å². The van der Waals surface area contributed by atoms with Crippen LogP contribution in [-0.4, -0.2) is 26.7 Å². The standard InChI is InChI=1S/C24H25NO4/c1-4-29-21-15-12-19(16-22(21)28-3)24(26)25-23(17-8-6-5-7-9-17)18-10-13-20(27-2)14-11-18/h5-16,23H,4H2,1-3H3,(H,25,26)/t23-/m0/s1. The number of nitrogens with one attached hydrogen (secondary N) is 1. The maximum absolute atomic E-state index is 13.0. The molecule has 0 spiro atoms. The first-order valence-corrected chi connectivity index (χ1v) is 9.46. The third-order valence-corrected chi connectivity index (χ3v) is 4.58. The lowest BCUT2D eigenvalue weighted by Crippen LogP contribution is -2.29. The first kappa shape index (κ1) is 20.3. The number of carbonyl (C=O) groups excluding carboxylic acids is 1.